The first-order chi connectivity index (χ1) is 24.8. The van der Waals surface area contributed by atoms with E-state index in [4.69, 9.17) is 18.8 Å². The number of nitrogens with zero attached hydrogens (tertiary/aromatic N) is 2. The fraction of sp³-hybridized carbons (Fsp3) is 0.0222. The van der Waals surface area contributed by atoms with Crippen molar-refractivity contribution < 1.29 is 8.83 Å². The Hall–Kier alpha value is -6.72. The normalized spacial score (nSPS) is 14.6. The molecule has 0 spiro atoms. The highest BCUT2D eigenvalue weighted by Gasteiger charge is 2.24. The Labute approximate surface area is 287 Å². The molecule has 236 valence electrons. The molecular weight excluding hydrogens is 615 g/mol. The summed E-state index contributed by atoms with van der Waals surface area (Å²) in [6, 6.07) is 56.2. The van der Waals surface area contributed by atoms with Crippen molar-refractivity contribution in [3.63, 3.8) is 0 Å². The highest BCUT2D eigenvalue weighted by Crippen LogP contribution is 2.42. The summed E-state index contributed by atoms with van der Waals surface area (Å²) in [4.78, 5) is 10.3. The molecule has 2 aromatic heterocycles. The average molecular weight is 644 g/mol. The minimum atomic E-state index is -0.344. The average Bonchev–Trinajstić information content (AvgIpc) is 3.77. The van der Waals surface area contributed by atoms with Gasteiger partial charge in [0.15, 0.2) is 5.84 Å². The van der Waals surface area contributed by atoms with E-state index in [0.717, 1.165) is 83.1 Å². The molecule has 50 heavy (non-hydrogen) atoms. The minimum Gasteiger partial charge on any atom is -0.455 e. The molecule has 1 N–H and O–H groups in total. The van der Waals surface area contributed by atoms with Gasteiger partial charge in [0.1, 0.15) is 34.3 Å². The number of hydrogen-bond donors (Lipinski definition) is 1. The van der Waals surface area contributed by atoms with Crippen LogP contribution in [0.15, 0.2) is 183 Å². The maximum Gasteiger partial charge on any atom is 0.163 e. The Morgan fingerprint density at radius 2 is 0.940 bits per heavy atom. The van der Waals surface area contributed by atoms with Crippen molar-refractivity contribution in [1.82, 2.24) is 5.32 Å². The number of para-hydroxylation sites is 4. The van der Waals surface area contributed by atoms with Crippen molar-refractivity contribution in [2.24, 2.45) is 9.98 Å². The Balaban J connectivity index is 1.13. The van der Waals surface area contributed by atoms with E-state index in [0.29, 0.717) is 5.84 Å². The Morgan fingerprint density at radius 3 is 1.64 bits per heavy atom. The van der Waals surface area contributed by atoms with Crippen molar-refractivity contribution >= 4 is 55.5 Å². The Bertz CT molecular complexity index is 2770. The molecule has 10 rings (SSSR count). The van der Waals surface area contributed by atoms with Crippen LogP contribution in [0.3, 0.4) is 0 Å². The summed E-state index contributed by atoms with van der Waals surface area (Å²) in [5, 5.41) is 7.83. The van der Waals surface area contributed by atoms with Gasteiger partial charge in [0.2, 0.25) is 0 Å². The second-order valence-corrected chi connectivity index (χ2v) is 12.6. The van der Waals surface area contributed by atoms with Crippen molar-refractivity contribution in [3.05, 3.63) is 180 Å². The molecule has 1 aliphatic rings. The number of rotatable bonds is 5. The molecule has 1 unspecified atom stereocenters. The molecule has 1 aliphatic heterocycles. The quantitative estimate of drug-likeness (QED) is 0.203. The summed E-state index contributed by atoms with van der Waals surface area (Å²) in [7, 11) is 0. The molecular formula is C45H29N3O2. The number of fused-ring (bicyclic) bond motifs is 6. The van der Waals surface area contributed by atoms with E-state index >= 15 is 0 Å². The van der Waals surface area contributed by atoms with Crippen LogP contribution >= 0.6 is 0 Å². The third-order valence-corrected chi connectivity index (χ3v) is 9.58. The summed E-state index contributed by atoms with van der Waals surface area (Å²) in [5.74, 6) is 1.38. The molecule has 1 atom stereocenters. The zero-order chi connectivity index (χ0) is 33.0. The summed E-state index contributed by atoms with van der Waals surface area (Å²) < 4.78 is 13.3. The first kappa shape index (κ1) is 28.3. The summed E-state index contributed by atoms with van der Waals surface area (Å²) in [6.45, 7) is 0. The predicted molar refractivity (Wildman–Crippen MR) is 204 cm³/mol. The zero-order valence-corrected chi connectivity index (χ0v) is 26.9. The molecule has 0 saturated heterocycles. The summed E-state index contributed by atoms with van der Waals surface area (Å²) >= 11 is 0. The van der Waals surface area contributed by atoms with Crippen LogP contribution in [-0.4, -0.2) is 11.7 Å². The summed E-state index contributed by atoms with van der Waals surface area (Å²) in [6.07, 6.45) is -0.344. The lowest BCUT2D eigenvalue weighted by molar-refractivity contribution is 0.661. The third-order valence-electron chi connectivity index (χ3n) is 9.58. The lowest BCUT2D eigenvalue weighted by Crippen LogP contribution is -2.33. The molecule has 0 aliphatic carbocycles. The minimum absolute atomic E-state index is 0.344. The highest BCUT2D eigenvalue weighted by atomic mass is 16.3. The van der Waals surface area contributed by atoms with Crippen LogP contribution in [0.1, 0.15) is 22.9 Å². The van der Waals surface area contributed by atoms with Gasteiger partial charge in [0.25, 0.3) is 0 Å². The zero-order valence-electron chi connectivity index (χ0n) is 26.9. The van der Waals surface area contributed by atoms with Crippen molar-refractivity contribution in [2.75, 3.05) is 0 Å². The number of amidine groups is 2. The summed E-state index contributed by atoms with van der Waals surface area (Å²) in [5.41, 5.74) is 10.5. The van der Waals surface area contributed by atoms with Crippen LogP contribution in [0.2, 0.25) is 0 Å². The first-order valence-electron chi connectivity index (χ1n) is 16.8. The Morgan fingerprint density at radius 1 is 0.420 bits per heavy atom. The van der Waals surface area contributed by atoms with Crippen molar-refractivity contribution in [3.8, 4) is 22.3 Å². The molecule has 7 aromatic carbocycles. The fourth-order valence-electron chi connectivity index (χ4n) is 7.14. The molecule has 5 heteroatoms. The number of benzene rings is 7. The largest absolute Gasteiger partial charge is 0.455 e. The highest BCUT2D eigenvalue weighted by molar-refractivity contribution is 6.21. The second kappa shape index (κ2) is 11.5. The van der Waals surface area contributed by atoms with Gasteiger partial charge in [-0.25, -0.2) is 9.98 Å². The maximum atomic E-state index is 6.88. The van der Waals surface area contributed by atoms with Gasteiger partial charge in [-0.15, -0.1) is 0 Å². The molecule has 0 saturated carbocycles. The lowest BCUT2D eigenvalue weighted by Gasteiger charge is -2.24. The van der Waals surface area contributed by atoms with Gasteiger partial charge in [-0.2, -0.15) is 0 Å². The molecule has 3 heterocycles. The molecule has 0 fully saturated rings. The maximum absolute atomic E-state index is 6.88. The molecule has 0 radical (unpaired) electrons. The van der Waals surface area contributed by atoms with Gasteiger partial charge in [-0.05, 0) is 28.8 Å². The standard InChI is InChI=1S/C45H29N3O2/c1-3-12-28(13-4-1)29-24-26-31(27-25-29)44-46-43(30-14-5-2-6-15-30)47-45(48-44)38-22-11-21-37-36-20-10-19-35(41(36)50-42(37)38)34-18-9-17-33-32-16-7-8-23-39(32)49-40(33)34/h1-27,44H,(H,46,47,48). The van der Waals surface area contributed by atoms with Crippen LogP contribution in [0.5, 0.6) is 0 Å². The van der Waals surface area contributed by atoms with E-state index in [2.05, 4.69) is 127 Å². The van der Waals surface area contributed by atoms with Crippen molar-refractivity contribution in [2.45, 2.75) is 6.17 Å². The first-order valence-corrected chi connectivity index (χ1v) is 16.8. The predicted octanol–water partition coefficient (Wildman–Crippen LogP) is 11.3. The van der Waals surface area contributed by atoms with Gasteiger partial charge < -0.3 is 14.2 Å². The van der Waals surface area contributed by atoms with E-state index in [9.17, 15) is 0 Å². The fourth-order valence-corrected chi connectivity index (χ4v) is 7.14. The Kier molecular flexibility index (Phi) is 6.49. The van der Waals surface area contributed by atoms with Crippen LogP contribution in [0.4, 0.5) is 0 Å². The van der Waals surface area contributed by atoms with E-state index in [1.54, 1.807) is 0 Å². The third kappa shape index (κ3) is 4.63. The topological polar surface area (TPSA) is 63.0 Å². The van der Waals surface area contributed by atoms with Crippen molar-refractivity contribution in [1.29, 1.82) is 0 Å². The van der Waals surface area contributed by atoms with Gasteiger partial charge in [-0.3, -0.25) is 0 Å². The van der Waals surface area contributed by atoms with Crippen LogP contribution in [-0.2, 0) is 0 Å². The van der Waals surface area contributed by atoms with Gasteiger partial charge in [0, 0.05) is 38.2 Å². The van der Waals surface area contributed by atoms with Gasteiger partial charge >= 0.3 is 0 Å². The molecule has 5 nitrogen and oxygen atoms in total. The number of nitrogens with one attached hydrogen (secondary N) is 1. The van der Waals surface area contributed by atoms with E-state index in [1.807, 2.05) is 42.5 Å². The smallest absolute Gasteiger partial charge is 0.163 e. The number of aliphatic imine (C=N–C) groups is 2. The van der Waals surface area contributed by atoms with Crippen LogP contribution in [0.25, 0.3) is 66.1 Å². The van der Waals surface area contributed by atoms with E-state index in [-0.39, 0.29) is 6.17 Å². The molecule has 9 aromatic rings. The van der Waals surface area contributed by atoms with E-state index in [1.165, 1.54) is 5.56 Å². The SMILES string of the molecule is c1ccc(C2=NC(c3cccc4c3oc3c(-c5cccc6c5oc5ccccc56)cccc34)=NC(c3ccc(-c4ccccc4)cc3)N2)cc1. The van der Waals surface area contributed by atoms with Gasteiger partial charge in [-0.1, -0.05) is 152 Å². The molecule has 0 bridgehead atoms. The van der Waals surface area contributed by atoms with Gasteiger partial charge in [0.05, 0.1) is 5.56 Å². The number of furan rings is 2. The lowest BCUT2D eigenvalue weighted by atomic mass is 9.99. The monoisotopic (exact) mass is 643 g/mol. The number of hydrogen-bond acceptors (Lipinski definition) is 5. The second-order valence-electron chi connectivity index (χ2n) is 12.6. The van der Waals surface area contributed by atoms with E-state index < -0.39 is 0 Å². The molecule has 0 amide bonds. The van der Waals surface area contributed by atoms with Crippen LogP contribution in [0, 0.1) is 0 Å². The van der Waals surface area contributed by atoms with Crippen LogP contribution < -0.4 is 5.32 Å².